The molecule has 3 nitrogen and oxygen atoms in total. The third kappa shape index (κ3) is 4.87. The van der Waals surface area contributed by atoms with E-state index in [-0.39, 0.29) is 0 Å². The van der Waals surface area contributed by atoms with E-state index >= 15 is 0 Å². The molecule has 0 aliphatic carbocycles. The molecule has 2 saturated heterocycles. The van der Waals surface area contributed by atoms with Gasteiger partial charge in [0.25, 0.3) is 0 Å². The Kier molecular flexibility index (Phi) is 5.93. The van der Waals surface area contributed by atoms with Crippen LogP contribution in [0.2, 0.25) is 0 Å². The largest absolute Gasteiger partial charge is 0.314 e. The summed E-state index contributed by atoms with van der Waals surface area (Å²) in [5.41, 5.74) is 0. The average Bonchev–Trinajstić information content (AvgIpc) is 2.38. The van der Waals surface area contributed by atoms with Gasteiger partial charge in [-0.3, -0.25) is 0 Å². The molecular formula is C15H31N3. The van der Waals surface area contributed by atoms with Crippen molar-refractivity contribution in [2.24, 2.45) is 5.92 Å². The first-order valence-corrected chi connectivity index (χ1v) is 7.89. The molecule has 2 N–H and O–H groups in total. The van der Waals surface area contributed by atoms with E-state index in [1.165, 1.54) is 64.7 Å². The Morgan fingerprint density at radius 3 is 2.89 bits per heavy atom. The Hall–Kier alpha value is -0.120. The maximum atomic E-state index is 3.75. The second-order valence-electron chi connectivity index (χ2n) is 6.46. The Labute approximate surface area is 113 Å². The number of likely N-dealkylation sites (tertiary alicyclic amines) is 1. The zero-order chi connectivity index (χ0) is 12.8. The van der Waals surface area contributed by atoms with Crippen molar-refractivity contribution < 1.29 is 0 Å². The molecule has 2 aliphatic rings. The van der Waals surface area contributed by atoms with Crippen LogP contribution in [0.25, 0.3) is 0 Å². The van der Waals surface area contributed by atoms with Gasteiger partial charge >= 0.3 is 0 Å². The average molecular weight is 253 g/mol. The quantitative estimate of drug-likeness (QED) is 0.783. The third-order valence-electron chi connectivity index (χ3n) is 4.53. The number of rotatable bonds is 5. The number of nitrogens with zero attached hydrogens (tertiary/aromatic N) is 1. The van der Waals surface area contributed by atoms with Gasteiger partial charge < -0.3 is 15.5 Å². The standard InChI is InChI=1S/C15H31N3/c1-13(10-15-7-3-4-8-16-15)17-11-14-6-5-9-18(2)12-14/h13-17H,3-12H2,1-2H3. The van der Waals surface area contributed by atoms with Crippen molar-refractivity contribution in [3.8, 4) is 0 Å². The fourth-order valence-electron chi connectivity index (χ4n) is 3.44. The first-order valence-electron chi connectivity index (χ1n) is 7.89. The molecule has 0 spiro atoms. The summed E-state index contributed by atoms with van der Waals surface area (Å²) in [6.07, 6.45) is 8.23. The number of hydrogen-bond acceptors (Lipinski definition) is 3. The molecule has 0 aromatic carbocycles. The van der Waals surface area contributed by atoms with Crippen LogP contribution in [-0.2, 0) is 0 Å². The first-order chi connectivity index (χ1) is 8.74. The molecule has 0 radical (unpaired) electrons. The van der Waals surface area contributed by atoms with Crippen LogP contribution >= 0.6 is 0 Å². The van der Waals surface area contributed by atoms with Gasteiger partial charge in [0.15, 0.2) is 0 Å². The Morgan fingerprint density at radius 1 is 1.28 bits per heavy atom. The van der Waals surface area contributed by atoms with Crippen LogP contribution < -0.4 is 10.6 Å². The van der Waals surface area contributed by atoms with E-state index in [2.05, 4.69) is 29.5 Å². The molecule has 2 heterocycles. The van der Waals surface area contributed by atoms with Gasteiger partial charge in [-0.15, -0.1) is 0 Å². The highest BCUT2D eigenvalue weighted by Gasteiger charge is 2.19. The zero-order valence-electron chi connectivity index (χ0n) is 12.3. The van der Waals surface area contributed by atoms with Gasteiger partial charge in [-0.05, 0) is 71.6 Å². The van der Waals surface area contributed by atoms with Gasteiger partial charge in [-0.25, -0.2) is 0 Å². The van der Waals surface area contributed by atoms with Crippen molar-refractivity contribution in [3.63, 3.8) is 0 Å². The topological polar surface area (TPSA) is 27.3 Å². The van der Waals surface area contributed by atoms with Crippen molar-refractivity contribution in [2.75, 3.05) is 33.2 Å². The molecular weight excluding hydrogens is 222 g/mol. The van der Waals surface area contributed by atoms with E-state index in [9.17, 15) is 0 Å². The second kappa shape index (κ2) is 7.46. The maximum absolute atomic E-state index is 3.75. The van der Waals surface area contributed by atoms with Gasteiger partial charge in [-0.1, -0.05) is 6.42 Å². The zero-order valence-corrected chi connectivity index (χ0v) is 12.3. The van der Waals surface area contributed by atoms with Crippen molar-refractivity contribution in [1.29, 1.82) is 0 Å². The lowest BCUT2D eigenvalue weighted by atomic mass is 9.96. The predicted molar refractivity (Wildman–Crippen MR) is 77.9 cm³/mol. The minimum atomic E-state index is 0.660. The lowest BCUT2D eigenvalue weighted by molar-refractivity contribution is 0.201. The molecule has 2 fully saturated rings. The van der Waals surface area contributed by atoms with E-state index in [1.807, 2.05) is 0 Å². The summed E-state index contributed by atoms with van der Waals surface area (Å²) in [5.74, 6) is 0.866. The van der Waals surface area contributed by atoms with E-state index < -0.39 is 0 Å². The van der Waals surface area contributed by atoms with E-state index in [4.69, 9.17) is 0 Å². The fraction of sp³-hybridized carbons (Fsp3) is 1.00. The highest BCUT2D eigenvalue weighted by atomic mass is 15.1. The highest BCUT2D eigenvalue weighted by molar-refractivity contribution is 4.79. The number of nitrogens with one attached hydrogen (secondary N) is 2. The Morgan fingerprint density at radius 2 is 2.17 bits per heavy atom. The Bertz CT molecular complexity index is 226. The van der Waals surface area contributed by atoms with E-state index in [1.54, 1.807) is 0 Å². The monoisotopic (exact) mass is 253 g/mol. The smallest absolute Gasteiger partial charge is 0.00817 e. The molecule has 2 rings (SSSR count). The number of hydrogen-bond donors (Lipinski definition) is 2. The summed E-state index contributed by atoms with van der Waals surface area (Å²) < 4.78 is 0. The summed E-state index contributed by atoms with van der Waals surface area (Å²) in [7, 11) is 2.25. The third-order valence-corrected chi connectivity index (χ3v) is 4.53. The summed E-state index contributed by atoms with van der Waals surface area (Å²) in [6.45, 7) is 7.35. The molecule has 106 valence electrons. The van der Waals surface area contributed by atoms with Crippen molar-refractivity contribution in [2.45, 2.75) is 57.5 Å². The van der Waals surface area contributed by atoms with Gasteiger partial charge in [0.1, 0.15) is 0 Å². The number of piperidine rings is 2. The molecule has 18 heavy (non-hydrogen) atoms. The first kappa shape index (κ1) is 14.3. The van der Waals surface area contributed by atoms with E-state index in [0.29, 0.717) is 6.04 Å². The molecule has 3 unspecified atom stereocenters. The van der Waals surface area contributed by atoms with E-state index in [0.717, 1.165) is 12.0 Å². The lowest BCUT2D eigenvalue weighted by Gasteiger charge is -2.31. The molecule has 0 bridgehead atoms. The van der Waals surface area contributed by atoms with Crippen LogP contribution in [0.3, 0.4) is 0 Å². The normalized spacial score (nSPS) is 32.3. The Balaban J connectivity index is 1.60. The molecule has 2 aliphatic heterocycles. The molecule has 3 heteroatoms. The molecule has 0 aromatic heterocycles. The van der Waals surface area contributed by atoms with Gasteiger partial charge in [0.05, 0.1) is 0 Å². The van der Waals surface area contributed by atoms with Crippen LogP contribution in [0.15, 0.2) is 0 Å². The second-order valence-corrected chi connectivity index (χ2v) is 6.46. The van der Waals surface area contributed by atoms with Crippen LogP contribution in [0.1, 0.15) is 45.4 Å². The molecule has 0 amide bonds. The van der Waals surface area contributed by atoms with Crippen LogP contribution in [-0.4, -0.2) is 50.2 Å². The fourth-order valence-corrected chi connectivity index (χ4v) is 3.44. The highest BCUT2D eigenvalue weighted by Crippen LogP contribution is 2.15. The minimum Gasteiger partial charge on any atom is -0.314 e. The van der Waals surface area contributed by atoms with Crippen molar-refractivity contribution >= 4 is 0 Å². The molecule has 0 saturated carbocycles. The maximum Gasteiger partial charge on any atom is 0.00817 e. The summed E-state index contributed by atoms with van der Waals surface area (Å²) in [4.78, 5) is 2.48. The summed E-state index contributed by atoms with van der Waals surface area (Å²) in [6, 6.07) is 1.42. The lowest BCUT2D eigenvalue weighted by Crippen LogP contribution is -2.43. The predicted octanol–water partition coefficient (Wildman–Crippen LogP) is 1.84. The minimum absolute atomic E-state index is 0.660. The SMILES string of the molecule is CC(CC1CCCCN1)NCC1CCCN(C)C1. The van der Waals surface area contributed by atoms with Gasteiger partial charge in [-0.2, -0.15) is 0 Å². The molecule has 3 atom stereocenters. The van der Waals surface area contributed by atoms with Crippen LogP contribution in [0.5, 0.6) is 0 Å². The summed E-state index contributed by atoms with van der Waals surface area (Å²) >= 11 is 0. The van der Waals surface area contributed by atoms with Crippen LogP contribution in [0.4, 0.5) is 0 Å². The van der Waals surface area contributed by atoms with Crippen LogP contribution in [0, 0.1) is 5.92 Å². The van der Waals surface area contributed by atoms with Gasteiger partial charge in [0.2, 0.25) is 0 Å². The molecule has 0 aromatic rings. The van der Waals surface area contributed by atoms with Gasteiger partial charge in [0, 0.05) is 18.6 Å². The van der Waals surface area contributed by atoms with Crippen molar-refractivity contribution in [3.05, 3.63) is 0 Å². The van der Waals surface area contributed by atoms with Crippen molar-refractivity contribution in [1.82, 2.24) is 15.5 Å². The summed E-state index contributed by atoms with van der Waals surface area (Å²) in [5, 5.41) is 7.40.